The summed E-state index contributed by atoms with van der Waals surface area (Å²) in [5, 5.41) is 2.57. The summed E-state index contributed by atoms with van der Waals surface area (Å²) >= 11 is 0. The highest BCUT2D eigenvalue weighted by Crippen LogP contribution is 2.48. The van der Waals surface area contributed by atoms with Gasteiger partial charge in [0.25, 0.3) is 0 Å². The Morgan fingerprint density at radius 3 is 1.53 bits per heavy atom. The highest BCUT2D eigenvalue weighted by atomic mass is 16.3. The van der Waals surface area contributed by atoms with Gasteiger partial charge in [-0.1, -0.05) is 151 Å². The van der Waals surface area contributed by atoms with Crippen molar-refractivity contribution in [3.05, 3.63) is 170 Å². The van der Waals surface area contributed by atoms with Gasteiger partial charge in [-0.25, -0.2) is 0 Å². The van der Waals surface area contributed by atoms with Crippen LogP contribution >= 0.6 is 0 Å². The van der Waals surface area contributed by atoms with E-state index in [2.05, 4.69) is 0 Å². The molecule has 0 atom stereocenters. The summed E-state index contributed by atoms with van der Waals surface area (Å²) in [5.74, 6) is 0. The van der Waals surface area contributed by atoms with E-state index in [-0.39, 0.29) is 75.4 Å². The molecule has 0 aliphatic rings. The fourth-order valence-corrected chi connectivity index (χ4v) is 6.25. The normalized spacial score (nSPS) is 14.7. The molecule has 0 amide bonds. The molecule has 9 aromatic rings. The van der Waals surface area contributed by atoms with Gasteiger partial charge < -0.3 is 4.42 Å². The fourth-order valence-electron chi connectivity index (χ4n) is 6.25. The molecule has 0 saturated carbocycles. The first-order chi connectivity index (χ1) is 26.5. The summed E-state index contributed by atoms with van der Waals surface area (Å²) in [6, 6.07) is 30.3. The number of furan rings is 1. The predicted molar refractivity (Wildman–Crippen MR) is 190 cm³/mol. The van der Waals surface area contributed by atoms with Crippen LogP contribution in [0.15, 0.2) is 174 Å². The van der Waals surface area contributed by atoms with Gasteiger partial charge in [0.05, 0.1) is 13.7 Å². The number of hydrogen-bond donors (Lipinski definition) is 0. The van der Waals surface area contributed by atoms with Crippen molar-refractivity contribution in [2.75, 3.05) is 0 Å². The van der Waals surface area contributed by atoms with Crippen LogP contribution in [-0.2, 0) is 0 Å². The zero-order valence-electron chi connectivity index (χ0n) is 33.8. The molecule has 0 bridgehead atoms. The second kappa shape index (κ2) is 10.4. The Balaban J connectivity index is 1.48. The van der Waals surface area contributed by atoms with Crippen molar-refractivity contribution < 1.29 is 18.1 Å². The van der Waals surface area contributed by atoms with Gasteiger partial charge in [0, 0.05) is 10.8 Å². The third-order valence-electron chi connectivity index (χ3n) is 8.25. The molecule has 1 heterocycles. The Morgan fingerprint density at radius 1 is 0.356 bits per heavy atom. The number of hydrogen-bond acceptors (Lipinski definition) is 1. The van der Waals surface area contributed by atoms with Crippen LogP contribution in [0.3, 0.4) is 0 Å². The summed E-state index contributed by atoms with van der Waals surface area (Å²) in [5.41, 5.74) is 3.15. The average molecular weight is 583 g/mol. The summed E-state index contributed by atoms with van der Waals surface area (Å²) < 4.78 is 96.8. The van der Waals surface area contributed by atoms with E-state index in [1.807, 2.05) is 84.9 Å². The van der Waals surface area contributed by atoms with Crippen LogP contribution in [-0.4, -0.2) is 0 Å². The Kier molecular flexibility index (Phi) is 4.01. The van der Waals surface area contributed by atoms with Gasteiger partial charge in [0.15, 0.2) is 0 Å². The van der Waals surface area contributed by atoms with E-state index in [1.165, 1.54) is 0 Å². The molecule has 45 heavy (non-hydrogen) atoms. The number of fused-ring (bicyclic) bond motifs is 5. The van der Waals surface area contributed by atoms with Crippen molar-refractivity contribution in [2.24, 2.45) is 0 Å². The van der Waals surface area contributed by atoms with Crippen LogP contribution in [0, 0.1) is 0 Å². The molecule has 1 heteroatoms. The van der Waals surface area contributed by atoms with E-state index in [0.717, 1.165) is 0 Å². The molecule has 0 N–H and O–H groups in total. The van der Waals surface area contributed by atoms with Crippen molar-refractivity contribution in [3.63, 3.8) is 0 Å². The first-order valence-corrected chi connectivity index (χ1v) is 14.6. The standard InChI is InChI=1S/C44H28O/c1-3-13-29(14-4-1)30-23-25-32(26-24-30)43-34-18-7-9-20-36(34)44(37-21-10-8-19-35(37)43)40-27-39-33-17-11-12-22-41(33)45-42(39)28-38(40)31-15-5-2-6-16-31/h1-28H/i11D,12D,17D,22D,23D,24D,25D,26D,27D,28D. The first-order valence-electron chi connectivity index (χ1n) is 19.6. The van der Waals surface area contributed by atoms with Crippen LogP contribution in [0.4, 0.5) is 0 Å². The monoisotopic (exact) mass is 582 g/mol. The van der Waals surface area contributed by atoms with Crippen molar-refractivity contribution in [2.45, 2.75) is 0 Å². The maximum Gasteiger partial charge on any atom is 0.136 e. The minimum Gasteiger partial charge on any atom is -0.456 e. The Hall–Kier alpha value is -5.92. The zero-order chi connectivity index (χ0) is 38.4. The number of para-hydroxylation sites is 1. The number of benzene rings is 8. The molecular formula is C44H28O. The van der Waals surface area contributed by atoms with Crippen molar-refractivity contribution >= 4 is 43.5 Å². The molecule has 0 aliphatic carbocycles. The van der Waals surface area contributed by atoms with Crippen LogP contribution in [0.5, 0.6) is 0 Å². The molecular weight excluding hydrogens is 544 g/mol. The van der Waals surface area contributed by atoms with E-state index in [9.17, 15) is 5.48 Å². The lowest BCUT2D eigenvalue weighted by Gasteiger charge is -2.20. The molecule has 8 aromatic carbocycles. The highest BCUT2D eigenvalue weighted by Gasteiger charge is 2.21. The van der Waals surface area contributed by atoms with Gasteiger partial charge in [-0.15, -0.1) is 0 Å². The lowest BCUT2D eigenvalue weighted by atomic mass is 9.83. The summed E-state index contributed by atoms with van der Waals surface area (Å²) in [6.07, 6.45) is 0. The van der Waals surface area contributed by atoms with Crippen LogP contribution in [0.2, 0.25) is 0 Å². The predicted octanol–water partition coefficient (Wildman–Crippen LogP) is 12.6. The van der Waals surface area contributed by atoms with Gasteiger partial charge in [0.2, 0.25) is 0 Å². The SMILES string of the molecule is [2H]c1c([2H])c(-c2c3ccccc3c(-c3c(-c4ccccc4)c([2H])c4oc5c([2H])c([2H])c([2H])c([2H])c5c4c3[2H])c3ccccc23)c([2H])c([2H])c1-c1ccccc1. The van der Waals surface area contributed by atoms with Crippen molar-refractivity contribution in [1.82, 2.24) is 0 Å². The van der Waals surface area contributed by atoms with E-state index < -0.39 is 18.1 Å². The highest BCUT2D eigenvalue weighted by molar-refractivity contribution is 6.23. The van der Waals surface area contributed by atoms with Gasteiger partial charge in [-0.3, -0.25) is 0 Å². The Morgan fingerprint density at radius 2 is 0.889 bits per heavy atom. The molecule has 0 unspecified atom stereocenters. The molecule has 0 spiro atoms. The zero-order valence-corrected chi connectivity index (χ0v) is 23.8. The second-order valence-corrected chi connectivity index (χ2v) is 10.8. The molecule has 0 radical (unpaired) electrons. The minimum atomic E-state index is -0.475. The lowest BCUT2D eigenvalue weighted by molar-refractivity contribution is 0.669. The first kappa shape index (κ1) is 17.4. The fraction of sp³-hybridized carbons (Fsp3) is 0. The molecule has 0 fully saturated rings. The van der Waals surface area contributed by atoms with Crippen molar-refractivity contribution in [3.8, 4) is 44.5 Å². The third kappa shape index (κ3) is 4.17. The van der Waals surface area contributed by atoms with Crippen LogP contribution < -0.4 is 0 Å². The quantitative estimate of drug-likeness (QED) is 0.188. The largest absolute Gasteiger partial charge is 0.456 e. The van der Waals surface area contributed by atoms with E-state index >= 15 is 0 Å². The van der Waals surface area contributed by atoms with Gasteiger partial charge >= 0.3 is 0 Å². The van der Waals surface area contributed by atoms with Gasteiger partial charge in [-0.2, -0.15) is 0 Å². The lowest BCUT2D eigenvalue weighted by Crippen LogP contribution is -1.93. The van der Waals surface area contributed by atoms with Gasteiger partial charge in [-0.05, 0) is 84.2 Å². The van der Waals surface area contributed by atoms with E-state index in [4.69, 9.17) is 12.6 Å². The number of rotatable bonds is 4. The summed E-state index contributed by atoms with van der Waals surface area (Å²) in [4.78, 5) is 0. The summed E-state index contributed by atoms with van der Waals surface area (Å²) in [7, 11) is 0. The van der Waals surface area contributed by atoms with Crippen LogP contribution in [0.25, 0.3) is 88.0 Å². The molecule has 0 saturated heterocycles. The van der Waals surface area contributed by atoms with Gasteiger partial charge in [0.1, 0.15) is 11.2 Å². The molecule has 9 rings (SSSR count). The third-order valence-corrected chi connectivity index (χ3v) is 8.25. The minimum absolute atomic E-state index is 0.0211. The van der Waals surface area contributed by atoms with Crippen molar-refractivity contribution in [1.29, 1.82) is 0 Å². The Labute approximate surface area is 275 Å². The van der Waals surface area contributed by atoms with Crippen LogP contribution in [0.1, 0.15) is 13.7 Å². The maximum absolute atomic E-state index is 9.95. The maximum atomic E-state index is 9.95. The second-order valence-electron chi connectivity index (χ2n) is 10.8. The molecule has 1 nitrogen and oxygen atoms in total. The molecule has 1 aromatic heterocycles. The van der Waals surface area contributed by atoms with E-state index in [1.54, 1.807) is 24.3 Å². The smallest absolute Gasteiger partial charge is 0.136 e. The average Bonchev–Trinajstić information content (AvgIpc) is 3.62. The Bertz CT molecular complexity index is 3000. The molecule has 0 aliphatic heterocycles. The molecule has 210 valence electrons. The summed E-state index contributed by atoms with van der Waals surface area (Å²) in [6.45, 7) is 0. The topological polar surface area (TPSA) is 13.1 Å². The van der Waals surface area contributed by atoms with E-state index in [0.29, 0.717) is 54.9 Å².